The molecule has 0 atom stereocenters. The summed E-state index contributed by atoms with van der Waals surface area (Å²) >= 11 is 0. The number of carboxylic acid groups (broad SMARTS) is 1. The summed E-state index contributed by atoms with van der Waals surface area (Å²) in [7, 11) is 1.60. The van der Waals surface area contributed by atoms with Gasteiger partial charge in [-0.2, -0.15) is 0 Å². The molecule has 0 spiro atoms. The third kappa shape index (κ3) is 3.04. The molecular weight excluding hydrogens is 249 g/mol. The lowest BCUT2D eigenvalue weighted by Crippen LogP contribution is -2.26. The van der Waals surface area contributed by atoms with Crippen molar-refractivity contribution in [3.05, 3.63) is 42.2 Å². The SMILES string of the molecule is CN(CC(=O)O)c1ccc(-c2ccccc2F)nn1. The average Bonchev–Trinajstić information content (AvgIpc) is 2.39. The van der Waals surface area contributed by atoms with Crippen molar-refractivity contribution in [1.29, 1.82) is 0 Å². The molecule has 0 unspecified atom stereocenters. The first-order chi connectivity index (χ1) is 9.08. The Labute approximate surface area is 109 Å². The van der Waals surface area contributed by atoms with E-state index in [0.717, 1.165) is 0 Å². The standard InChI is InChI=1S/C13H12FN3O2/c1-17(8-13(18)19)12-7-6-11(15-16-12)9-4-2-3-5-10(9)14/h2-7H,8H2,1H3,(H,18,19). The van der Waals surface area contributed by atoms with E-state index in [0.29, 0.717) is 17.1 Å². The van der Waals surface area contributed by atoms with Gasteiger partial charge in [-0.05, 0) is 24.3 Å². The Morgan fingerprint density at radius 1 is 1.26 bits per heavy atom. The number of rotatable bonds is 4. The molecular formula is C13H12FN3O2. The van der Waals surface area contributed by atoms with Crippen molar-refractivity contribution in [3.63, 3.8) is 0 Å². The zero-order valence-corrected chi connectivity index (χ0v) is 10.2. The third-order valence-corrected chi connectivity index (χ3v) is 2.56. The second kappa shape index (κ2) is 5.43. The molecule has 0 bridgehead atoms. The molecule has 0 aliphatic carbocycles. The molecule has 6 heteroatoms. The second-order valence-electron chi connectivity index (χ2n) is 4.01. The topological polar surface area (TPSA) is 66.3 Å². The van der Waals surface area contributed by atoms with Crippen molar-refractivity contribution in [2.75, 3.05) is 18.5 Å². The first-order valence-electron chi connectivity index (χ1n) is 5.59. The van der Waals surface area contributed by atoms with Crippen molar-refractivity contribution in [2.45, 2.75) is 0 Å². The Balaban J connectivity index is 2.24. The highest BCUT2D eigenvalue weighted by atomic mass is 19.1. The van der Waals surface area contributed by atoms with E-state index < -0.39 is 5.97 Å². The number of hydrogen-bond acceptors (Lipinski definition) is 4. The molecule has 0 radical (unpaired) electrons. The fourth-order valence-electron chi connectivity index (χ4n) is 1.63. The fraction of sp³-hybridized carbons (Fsp3) is 0.154. The van der Waals surface area contributed by atoms with E-state index in [1.165, 1.54) is 11.0 Å². The number of nitrogens with zero attached hydrogens (tertiary/aromatic N) is 3. The molecule has 2 aromatic rings. The Morgan fingerprint density at radius 3 is 2.58 bits per heavy atom. The molecule has 0 saturated heterocycles. The summed E-state index contributed by atoms with van der Waals surface area (Å²) in [5, 5.41) is 16.5. The fourth-order valence-corrected chi connectivity index (χ4v) is 1.63. The van der Waals surface area contributed by atoms with Gasteiger partial charge >= 0.3 is 5.97 Å². The van der Waals surface area contributed by atoms with Gasteiger partial charge in [-0.1, -0.05) is 12.1 Å². The van der Waals surface area contributed by atoms with E-state index in [1.54, 1.807) is 37.4 Å². The van der Waals surface area contributed by atoms with Crippen LogP contribution in [0.15, 0.2) is 36.4 Å². The number of aromatic nitrogens is 2. The number of aliphatic carboxylic acids is 1. The summed E-state index contributed by atoms with van der Waals surface area (Å²) in [5.74, 6) is -0.909. The maximum Gasteiger partial charge on any atom is 0.323 e. The highest BCUT2D eigenvalue weighted by Gasteiger charge is 2.10. The van der Waals surface area contributed by atoms with Crippen LogP contribution in [0.25, 0.3) is 11.3 Å². The predicted molar refractivity (Wildman–Crippen MR) is 68.3 cm³/mol. The van der Waals surface area contributed by atoms with Gasteiger partial charge in [0, 0.05) is 12.6 Å². The molecule has 1 aromatic carbocycles. The summed E-state index contributed by atoms with van der Waals surface area (Å²) in [6.45, 7) is -0.173. The average molecular weight is 261 g/mol. The lowest BCUT2D eigenvalue weighted by molar-refractivity contribution is -0.135. The number of hydrogen-bond donors (Lipinski definition) is 1. The number of carboxylic acids is 1. The minimum Gasteiger partial charge on any atom is -0.480 e. The number of halogens is 1. The van der Waals surface area contributed by atoms with Crippen LogP contribution in [0, 0.1) is 5.82 Å². The molecule has 2 rings (SSSR count). The largest absolute Gasteiger partial charge is 0.480 e. The van der Waals surface area contributed by atoms with Gasteiger partial charge in [0.15, 0.2) is 5.82 Å². The molecule has 19 heavy (non-hydrogen) atoms. The summed E-state index contributed by atoms with van der Waals surface area (Å²) in [6.07, 6.45) is 0. The molecule has 1 N–H and O–H groups in total. The minimum absolute atomic E-state index is 0.173. The van der Waals surface area contributed by atoms with Crippen molar-refractivity contribution in [2.24, 2.45) is 0 Å². The van der Waals surface area contributed by atoms with E-state index >= 15 is 0 Å². The Bertz CT molecular complexity index is 587. The van der Waals surface area contributed by atoms with Crippen LogP contribution >= 0.6 is 0 Å². The summed E-state index contributed by atoms with van der Waals surface area (Å²) in [5.41, 5.74) is 0.771. The normalized spacial score (nSPS) is 10.2. The van der Waals surface area contributed by atoms with Crippen LogP contribution in [0.4, 0.5) is 10.2 Å². The molecule has 1 aromatic heterocycles. The zero-order chi connectivity index (χ0) is 13.8. The first-order valence-corrected chi connectivity index (χ1v) is 5.59. The lowest BCUT2D eigenvalue weighted by Gasteiger charge is -2.14. The second-order valence-corrected chi connectivity index (χ2v) is 4.01. The Kier molecular flexibility index (Phi) is 3.70. The van der Waals surface area contributed by atoms with Crippen LogP contribution in [0.5, 0.6) is 0 Å². The van der Waals surface area contributed by atoms with Gasteiger partial charge in [-0.3, -0.25) is 4.79 Å². The summed E-state index contributed by atoms with van der Waals surface area (Å²) in [6, 6.07) is 9.49. The smallest absolute Gasteiger partial charge is 0.323 e. The van der Waals surface area contributed by atoms with Crippen molar-refractivity contribution in [3.8, 4) is 11.3 Å². The highest BCUT2D eigenvalue weighted by Crippen LogP contribution is 2.20. The third-order valence-electron chi connectivity index (χ3n) is 2.56. The quantitative estimate of drug-likeness (QED) is 0.909. The number of anilines is 1. The Morgan fingerprint density at radius 2 is 2.00 bits per heavy atom. The molecule has 98 valence electrons. The van der Waals surface area contributed by atoms with E-state index in [2.05, 4.69) is 10.2 Å². The highest BCUT2D eigenvalue weighted by molar-refractivity contribution is 5.73. The summed E-state index contributed by atoms with van der Waals surface area (Å²) < 4.78 is 13.6. The number of likely N-dealkylation sites (N-methyl/N-ethyl adjacent to an activating group) is 1. The van der Waals surface area contributed by atoms with Gasteiger partial charge in [-0.25, -0.2) is 4.39 Å². The van der Waals surface area contributed by atoms with Crippen LogP contribution in [0.3, 0.4) is 0 Å². The summed E-state index contributed by atoms with van der Waals surface area (Å²) in [4.78, 5) is 12.0. The molecule has 0 aliphatic rings. The van der Waals surface area contributed by atoms with Crippen LogP contribution in [-0.4, -0.2) is 34.9 Å². The van der Waals surface area contributed by atoms with E-state index in [4.69, 9.17) is 5.11 Å². The maximum absolute atomic E-state index is 13.6. The van der Waals surface area contributed by atoms with Gasteiger partial charge in [0.25, 0.3) is 0 Å². The Hall–Kier alpha value is -2.50. The lowest BCUT2D eigenvalue weighted by atomic mass is 10.1. The molecule has 0 aliphatic heterocycles. The minimum atomic E-state index is -0.956. The predicted octanol–water partition coefficient (Wildman–Crippen LogP) is 1.80. The monoisotopic (exact) mass is 261 g/mol. The molecule has 0 saturated carbocycles. The number of carbonyl (C=O) groups is 1. The van der Waals surface area contributed by atoms with Crippen LogP contribution in [0.1, 0.15) is 0 Å². The molecule has 1 heterocycles. The maximum atomic E-state index is 13.6. The van der Waals surface area contributed by atoms with Crippen LogP contribution in [0.2, 0.25) is 0 Å². The van der Waals surface area contributed by atoms with Gasteiger partial charge in [0.2, 0.25) is 0 Å². The molecule has 0 fully saturated rings. The van der Waals surface area contributed by atoms with Gasteiger partial charge < -0.3 is 10.0 Å². The van der Waals surface area contributed by atoms with Crippen molar-refractivity contribution < 1.29 is 14.3 Å². The van der Waals surface area contributed by atoms with E-state index in [1.807, 2.05) is 0 Å². The molecule has 5 nitrogen and oxygen atoms in total. The zero-order valence-electron chi connectivity index (χ0n) is 10.2. The number of benzene rings is 1. The van der Waals surface area contributed by atoms with Crippen LogP contribution < -0.4 is 4.90 Å². The van der Waals surface area contributed by atoms with Crippen molar-refractivity contribution >= 4 is 11.8 Å². The van der Waals surface area contributed by atoms with E-state index in [9.17, 15) is 9.18 Å². The van der Waals surface area contributed by atoms with Crippen LogP contribution in [-0.2, 0) is 4.79 Å². The first kappa shape index (κ1) is 12.9. The van der Waals surface area contributed by atoms with Gasteiger partial charge in [0.05, 0.1) is 5.69 Å². The van der Waals surface area contributed by atoms with Crippen molar-refractivity contribution in [1.82, 2.24) is 10.2 Å². The molecule has 0 amide bonds. The van der Waals surface area contributed by atoms with Gasteiger partial charge in [0.1, 0.15) is 12.4 Å². The van der Waals surface area contributed by atoms with Gasteiger partial charge in [-0.15, -0.1) is 10.2 Å². The van der Waals surface area contributed by atoms with E-state index in [-0.39, 0.29) is 12.4 Å².